The van der Waals surface area contributed by atoms with Crippen LogP contribution in [0.5, 0.6) is 0 Å². The quantitative estimate of drug-likeness (QED) is 0.508. The van der Waals surface area contributed by atoms with Crippen LogP contribution in [-0.4, -0.2) is 24.5 Å². The van der Waals surface area contributed by atoms with Crippen molar-refractivity contribution >= 4 is 5.57 Å². The second-order valence-electron chi connectivity index (χ2n) is 7.82. The predicted molar refractivity (Wildman–Crippen MR) is 114 cm³/mol. The number of alkyl halides is 3. The summed E-state index contributed by atoms with van der Waals surface area (Å²) in [7, 11) is 0. The van der Waals surface area contributed by atoms with Crippen LogP contribution >= 0.6 is 0 Å². The first-order valence-electron chi connectivity index (χ1n) is 10.6. The molecular weight excluding hydrogens is 371 g/mol. The lowest BCUT2D eigenvalue weighted by molar-refractivity contribution is -0.137. The van der Waals surface area contributed by atoms with E-state index in [0.717, 1.165) is 63.4 Å². The van der Waals surface area contributed by atoms with E-state index in [9.17, 15) is 13.2 Å². The van der Waals surface area contributed by atoms with Gasteiger partial charge in [0.15, 0.2) is 0 Å². The van der Waals surface area contributed by atoms with Crippen molar-refractivity contribution in [1.29, 1.82) is 0 Å². The molecule has 29 heavy (non-hydrogen) atoms. The van der Waals surface area contributed by atoms with Crippen molar-refractivity contribution in [2.24, 2.45) is 0 Å². The van der Waals surface area contributed by atoms with Gasteiger partial charge in [-0.05, 0) is 65.6 Å². The fourth-order valence-electron chi connectivity index (χ4n) is 4.04. The zero-order valence-corrected chi connectivity index (χ0v) is 17.4. The van der Waals surface area contributed by atoms with Crippen LogP contribution in [0.1, 0.15) is 54.5 Å². The van der Waals surface area contributed by atoms with Crippen molar-refractivity contribution in [3.63, 3.8) is 0 Å². The molecule has 1 heterocycles. The molecule has 3 rings (SSSR count). The number of benzene rings is 2. The Labute approximate surface area is 172 Å². The molecule has 0 unspecified atom stereocenters. The molecule has 1 aliphatic rings. The van der Waals surface area contributed by atoms with E-state index in [4.69, 9.17) is 0 Å². The van der Waals surface area contributed by atoms with Gasteiger partial charge in [0.1, 0.15) is 0 Å². The Bertz CT molecular complexity index is 851. The van der Waals surface area contributed by atoms with Gasteiger partial charge in [-0.25, -0.2) is 0 Å². The van der Waals surface area contributed by atoms with E-state index in [1.54, 1.807) is 6.07 Å². The maximum absolute atomic E-state index is 13.0. The third-order valence-electron chi connectivity index (χ3n) is 5.74. The normalized spacial score (nSPS) is 15.4. The summed E-state index contributed by atoms with van der Waals surface area (Å²) < 4.78 is 38.9. The molecule has 156 valence electrons. The van der Waals surface area contributed by atoms with Gasteiger partial charge in [0.2, 0.25) is 0 Å². The van der Waals surface area contributed by atoms with E-state index in [0.29, 0.717) is 5.56 Å². The lowest BCUT2D eigenvalue weighted by Crippen LogP contribution is -2.30. The molecule has 2 aromatic rings. The number of aryl methyl sites for hydroxylation is 2. The maximum Gasteiger partial charge on any atom is 0.416 e. The Hall–Kier alpha value is -2.07. The predicted octanol–water partition coefficient (Wildman–Crippen LogP) is 6.55. The van der Waals surface area contributed by atoms with Crippen LogP contribution < -0.4 is 0 Å². The monoisotopic (exact) mass is 401 g/mol. The van der Waals surface area contributed by atoms with Gasteiger partial charge in [-0.15, -0.1) is 0 Å². The van der Waals surface area contributed by atoms with E-state index in [-0.39, 0.29) is 0 Å². The smallest absolute Gasteiger partial charge is 0.299 e. The van der Waals surface area contributed by atoms with Crippen LogP contribution in [0.25, 0.3) is 5.57 Å². The van der Waals surface area contributed by atoms with Gasteiger partial charge in [0.05, 0.1) is 5.56 Å². The van der Waals surface area contributed by atoms with Crippen LogP contribution in [-0.2, 0) is 25.4 Å². The van der Waals surface area contributed by atoms with Crippen LogP contribution in [0.15, 0.2) is 48.5 Å². The first-order valence-corrected chi connectivity index (χ1v) is 10.6. The summed E-state index contributed by atoms with van der Waals surface area (Å²) in [6, 6.07) is 12.5. The second kappa shape index (κ2) is 9.62. The molecule has 0 saturated heterocycles. The van der Waals surface area contributed by atoms with Crippen LogP contribution in [0.4, 0.5) is 13.2 Å². The molecule has 1 nitrogen and oxygen atoms in total. The van der Waals surface area contributed by atoms with Crippen LogP contribution in [0.2, 0.25) is 0 Å². The summed E-state index contributed by atoms with van der Waals surface area (Å²) in [5.74, 6) is 0. The first kappa shape index (κ1) is 21.6. The molecule has 0 aromatic heterocycles. The summed E-state index contributed by atoms with van der Waals surface area (Å²) in [6.45, 7) is 7.07. The average Bonchev–Trinajstić information content (AvgIpc) is 2.72. The van der Waals surface area contributed by atoms with Crippen molar-refractivity contribution in [3.8, 4) is 0 Å². The molecule has 1 aliphatic heterocycles. The molecule has 0 N–H and O–H groups in total. The second-order valence-corrected chi connectivity index (χ2v) is 7.82. The van der Waals surface area contributed by atoms with Gasteiger partial charge in [0.25, 0.3) is 0 Å². The fourth-order valence-corrected chi connectivity index (χ4v) is 4.04. The molecular formula is C25H30F3N. The summed E-state index contributed by atoms with van der Waals surface area (Å²) in [4.78, 5) is 2.38. The minimum Gasteiger partial charge on any atom is -0.299 e. The number of hydrogen-bond acceptors (Lipinski definition) is 1. The number of nitrogens with zero attached hydrogens (tertiary/aromatic N) is 1. The minimum absolute atomic E-state index is 0.572. The number of halogens is 3. The fraction of sp³-hybridized carbons (Fsp3) is 0.440. The molecule has 0 spiro atoms. The van der Waals surface area contributed by atoms with Crippen molar-refractivity contribution in [2.75, 3.05) is 19.6 Å². The van der Waals surface area contributed by atoms with Crippen molar-refractivity contribution in [3.05, 3.63) is 76.4 Å². The largest absolute Gasteiger partial charge is 0.416 e. The Morgan fingerprint density at radius 2 is 1.79 bits per heavy atom. The lowest BCUT2D eigenvalue weighted by atomic mass is 9.96. The van der Waals surface area contributed by atoms with E-state index in [2.05, 4.69) is 43.0 Å². The maximum atomic E-state index is 13.0. The number of hydrogen-bond donors (Lipinski definition) is 0. The average molecular weight is 402 g/mol. The van der Waals surface area contributed by atoms with Gasteiger partial charge < -0.3 is 0 Å². The van der Waals surface area contributed by atoms with Gasteiger partial charge in [-0.2, -0.15) is 13.2 Å². The topological polar surface area (TPSA) is 3.24 Å². The Morgan fingerprint density at radius 3 is 2.45 bits per heavy atom. The van der Waals surface area contributed by atoms with Gasteiger partial charge in [-0.1, -0.05) is 56.7 Å². The molecule has 0 bridgehead atoms. The number of rotatable bonds is 7. The SMILES string of the molecule is CCCc1cc(CCN2CC=C(c3cccc(C(F)(F)F)c3)CC2)ccc1CC. The first-order chi connectivity index (χ1) is 13.9. The highest BCUT2D eigenvalue weighted by atomic mass is 19.4. The molecule has 0 aliphatic carbocycles. The highest BCUT2D eigenvalue weighted by Gasteiger charge is 2.30. The van der Waals surface area contributed by atoms with E-state index < -0.39 is 11.7 Å². The third kappa shape index (κ3) is 5.72. The Morgan fingerprint density at radius 1 is 0.966 bits per heavy atom. The van der Waals surface area contributed by atoms with Gasteiger partial charge in [0, 0.05) is 19.6 Å². The summed E-state index contributed by atoms with van der Waals surface area (Å²) in [6.07, 6.45) is 2.95. The third-order valence-corrected chi connectivity index (χ3v) is 5.74. The van der Waals surface area contributed by atoms with E-state index in [1.807, 2.05) is 0 Å². The van der Waals surface area contributed by atoms with E-state index in [1.165, 1.54) is 28.8 Å². The van der Waals surface area contributed by atoms with Crippen molar-refractivity contribution < 1.29 is 13.2 Å². The highest BCUT2D eigenvalue weighted by Crippen LogP contribution is 2.32. The molecule has 0 atom stereocenters. The van der Waals surface area contributed by atoms with Gasteiger partial charge >= 0.3 is 6.18 Å². The molecule has 0 amide bonds. The molecule has 0 fully saturated rings. The minimum atomic E-state index is -4.29. The standard InChI is InChI=1S/C25H30F3N/c1-3-6-22-17-19(9-10-20(22)4-2)11-14-29-15-12-21(13-16-29)23-7-5-8-24(18-23)25(26,27)28/h5,7-10,12,17-18H,3-4,6,11,13-16H2,1-2H3. The summed E-state index contributed by atoms with van der Waals surface area (Å²) in [5.41, 5.74) is 5.43. The molecule has 4 heteroatoms. The zero-order chi connectivity index (χ0) is 20.9. The Balaban J connectivity index is 1.60. The van der Waals surface area contributed by atoms with Crippen LogP contribution in [0.3, 0.4) is 0 Å². The summed E-state index contributed by atoms with van der Waals surface area (Å²) >= 11 is 0. The summed E-state index contributed by atoms with van der Waals surface area (Å²) in [5, 5.41) is 0. The molecule has 0 saturated carbocycles. The van der Waals surface area contributed by atoms with Crippen LogP contribution in [0, 0.1) is 0 Å². The molecule has 0 radical (unpaired) electrons. The van der Waals surface area contributed by atoms with Gasteiger partial charge in [-0.3, -0.25) is 4.90 Å². The molecule has 2 aromatic carbocycles. The Kier molecular flexibility index (Phi) is 7.18. The van der Waals surface area contributed by atoms with Crippen molar-refractivity contribution in [1.82, 2.24) is 4.90 Å². The van der Waals surface area contributed by atoms with E-state index >= 15 is 0 Å². The van der Waals surface area contributed by atoms with Crippen molar-refractivity contribution in [2.45, 2.75) is 52.1 Å². The lowest BCUT2D eigenvalue weighted by Gasteiger charge is -2.27. The highest BCUT2D eigenvalue weighted by molar-refractivity contribution is 5.67. The zero-order valence-electron chi connectivity index (χ0n) is 17.4.